The van der Waals surface area contributed by atoms with Gasteiger partial charge >= 0.3 is 0 Å². The molecule has 18 heavy (non-hydrogen) atoms. The number of rotatable bonds is 7. The molecule has 1 aromatic rings. The van der Waals surface area contributed by atoms with E-state index in [1.165, 1.54) is 9.87 Å². The maximum atomic E-state index is 12.0. The van der Waals surface area contributed by atoms with Crippen LogP contribution in [0, 0.1) is 6.92 Å². The van der Waals surface area contributed by atoms with Gasteiger partial charge in [0.15, 0.2) is 0 Å². The van der Waals surface area contributed by atoms with E-state index in [1.807, 2.05) is 38.2 Å². The summed E-state index contributed by atoms with van der Waals surface area (Å²) < 4.78 is 25.4. The second-order valence-electron chi connectivity index (χ2n) is 4.51. The van der Waals surface area contributed by atoms with Gasteiger partial charge in [-0.1, -0.05) is 29.8 Å². The summed E-state index contributed by atoms with van der Waals surface area (Å²) in [5.41, 5.74) is 2.19. The fourth-order valence-corrected chi connectivity index (χ4v) is 2.80. The average molecular weight is 270 g/mol. The van der Waals surface area contributed by atoms with Crippen LogP contribution in [0.2, 0.25) is 0 Å². The number of nitrogens with zero attached hydrogens (tertiary/aromatic N) is 1. The van der Waals surface area contributed by atoms with Crippen molar-refractivity contribution in [3.8, 4) is 0 Å². The molecule has 0 aromatic heterocycles. The second-order valence-corrected chi connectivity index (χ2v) is 6.71. The van der Waals surface area contributed by atoms with E-state index in [-0.39, 0.29) is 5.75 Å². The quantitative estimate of drug-likeness (QED) is 0.761. The molecule has 0 spiro atoms. The van der Waals surface area contributed by atoms with E-state index in [0.29, 0.717) is 13.0 Å². The van der Waals surface area contributed by atoms with Crippen molar-refractivity contribution in [1.29, 1.82) is 0 Å². The van der Waals surface area contributed by atoms with Crippen molar-refractivity contribution in [2.45, 2.75) is 19.9 Å². The summed E-state index contributed by atoms with van der Waals surface area (Å²) in [5.74, 6) is 0.191. The standard InChI is InChI=1S/C13H22N2O2S/c1-12-5-7-13(8-6-12)11-15(3)18(16,17)10-4-9-14-2/h5-8,14H,4,9-11H2,1-3H3. The summed E-state index contributed by atoms with van der Waals surface area (Å²) in [6, 6.07) is 7.93. The van der Waals surface area contributed by atoms with E-state index in [1.54, 1.807) is 7.05 Å². The summed E-state index contributed by atoms with van der Waals surface area (Å²) in [6.07, 6.45) is 0.636. The molecule has 0 heterocycles. The van der Waals surface area contributed by atoms with E-state index in [4.69, 9.17) is 0 Å². The van der Waals surface area contributed by atoms with Crippen LogP contribution in [0.25, 0.3) is 0 Å². The molecule has 0 amide bonds. The molecule has 5 heteroatoms. The summed E-state index contributed by atoms with van der Waals surface area (Å²) in [5, 5.41) is 2.95. The van der Waals surface area contributed by atoms with Gasteiger partial charge < -0.3 is 5.32 Å². The van der Waals surface area contributed by atoms with Crippen molar-refractivity contribution in [3.63, 3.8) is 0 Å². The van der Waals surface area contributed by atoms with Gasteiger partial charge in [-0.15, -0.1) is 0 Å². The van der Waals surface area contributed by atoms with Gasteiger partial charge in [-0.3, -0.25) is 0 Å². The average Bonchev–Trinajstić information content (AvgIpc) is 2.32. The molecule has 1 rings (SSSR count). The predicted octanol–water partition coefficient (Wildman–Crippen LogP) is 1.37. The first kappa shape index (κ1) is 15.1. The van der Waals surface area contributed by atoms with Crippen molar-refractivity contribution in [2.24, 2.45) is 0 Å². The van der Waals surface area contributed by atoms with Crippen LogP contribution < -0.4 is 5.32 Å². The smallest absolute Gasteiger partial charge is 0.214 e. The van der Waals surface area contributed by atoms with Crippen molar-refractivity contribution < 1.29 is 8.42 Å². The van der Waals surface area contributed by atoms with Gasteiger partial charge in [0, 0.05) is 13.6 Å². The van der Waals surface area contributed by atoms with Crippen molar-refractivity contribution >= 4 is 10.0 Å². The molecule has 0 unspecified atom stereocenters. The van der Waals surface area contributed by atoms with Gasteiger partial charge in [0.1, 0.15) is 0 Å². The van der Waals surface area contributed by atoms with Crippen LogP contribution in [0.1, 0.15) is 17.5 Å². The van der Waals surface area contributed by atoms with Gasteiger partial charge in [0.2, 0.25) is 10.0 Å². The minimum atomic E-state index is -3.15. The molecular weight excluding hydrogens is 248 g/mol. The number of aryl methyl sites for hydroxylation is 1. The van der Waals surface area contributed by atoms with Gasteiger partial charge in [0.05, 0.1) is 5.75 Å². The van der Waals surface area contributed by atoms with Gasteiger partial charge in [-0.25, -0.2) is 12.7 Å². The highest BCUT2D eigenvalue weighted by atomic mass is 32.2. The number of sulfonamides is 1. The highest BCUT2D eigenvalue weighted by molar-refractivity contribution is 7.89. The Hall–Kier alpha value is -0.910. The first-order valence-corrected chi connectivity index (χ1v) is 7.71. The van der Waals surface area contributed by atoms with Crippen LogP contribution in [0.5, 0.6) is 0 Å². The molecule has 0 saturated heterocycles. The van der Waals surface area contributed by atoms with Crippen LogP contribution in [-0.2, 0) is 16.6 Å². The van der Waals surface area contributed by atoms with E-state index in [0.717, 1.165) is 12.1 Å². The SMILES string of the molecule is CNCCCS(=O)(=O)N(C)Cc1ccc(C)cc1. The zero-order valence-electron chi connectivity index (χ0n) is 11.3. The van der Waals surface area contributed by atoms with Crippen LogP contribution in [-0.4, -0.2) is 39.1 Å². The van der Waals surface area contributed by atoms with Crippen LogP contribution in [0.3, 0.4) is 0 Å². The highest BCUT2D eigenvalue weighted by Gasteiger charge is 2.17. The lowest BCUT2D eigenvalue weighted by Gasteiger charge is -2.17. The molecule has 0 aliphatic heterocycles. The van der Waals surface area contributed by atoms with Gasteiger partial charge in [-0.2, -0.15) is 0 Å². The molecule has 0 atom stereocenters. The fourth-order valence-electron chi connectivity index (χ4n) is 1.64. The summed E-state index contributed by atoms with van der Waals surface area (Å²) in [7, 11) is 0.308. The maximum Gasteiger partial charge on any atom is 0.214 e. The number of benzene rings is 1. The molecule has 1 N–H and O–H groups in total. The Morgan fingerprint density at radius 3 is 2.39 bits per heavy atom. The molecule has 0 bridgehead atoms. The normalized spacial score (nSPS) is 12.0. The molecule has 0 aliphatic rings. The lowest BCUT2D eigenvalue weighted by Crippen LogP contribution is -2.29. The minimum Gasteiger partial charge on any atom is -0.320 e. The number of hydrogen-bond acceptors (Lipinski definition) is 3. The lowest BCUT2D eigenvalue weighted by atomic mass is 10.1. The van der Waals surface area contributed by atoms with Crippen LogP contribution >= 0.6 is 0 Å². The maximum absolute atomic E-state index is 12.0. The van der Waals surface area contributed by atoms with Crippen LogP contribution in [0.4, 0.5) is 0 Å². The molecule has 1 aromatic carbocycles. The molecule has 0 fully saturated rings. The largest absolute Gasteiger partial charge is 0.320 e. The third kappa shape index (κ3) is 4.76. The highest BCUT2D eigenvalue weighted by Crippen LogP contribution is 2.09. The van der Waals surface area contributed by atoms with E-state index in [9.17, 15) is 8.42 Å². The third-order valence-electron chi connectivity index (χ3n) is 2.83. The molecule has 0 radical (unpaired) electrons. The van der Waals surface area contributed by atoms with E-state index >= 15 is 0 Å². The third-order valence-corrected chi connectivity index (χ3v) is 4.71. The van der Waals surface area contributed by atoms with Gasteiger partial charge in [0.25, 0.3) is 0 Å². The van der Waals surface area contributed by atoms with Crippen molar-refractivity contribution in [2.75, 3.05) is 26.4 Å². The summed E-state index contributed by atoms with van der Waals surface area (Å²) >= 11 is 0. The number of hydrogen-bond donors (Lipinski definition) is 1. The predicted molar refractivity (Wildman–Crippen MR) is 75.0 cm³/mol. The first-order valence-electron chi connectivity index (χ1n) is 6.10. The Kier molecular flexibility index (Phi) is 5.78. The topological polar surface area (TPSA) is 49.4 Å². The zero-order chi connectivity index (χ0) is 13.6. The Morgan fingerprint density at radius 1 is 1.22 bits per heavy atom. The monoisotopic (exact) mass is 270 g/mol. The fraction of sp³-hybridized carbons (Fsp3) is 0.538. The molecule has 102 valence electrons. The zero-order valence-corrected chi connectivity index (χ0v) is 12.1. The van der Waals surface area contributed by atoms with Crippen LogP contribution in [0.15, 0.2) is 24.3 Å². The van der Waals surface area contributed by atoms with Crippen molar-refractivity contribution in [1.82, 2.24) is 9.62 Å². The summed E-state index contributed by atoms with van der Waals surface area (Å²) in [6.45, 7) is 3.17. The van der Waals surface area contributed by atoms with Crippen molar-refractivity contribution in [3.05, 3.63) is 35.4 Å². The first-order chi connectivity index (χ1) is 8.45. The molecule has 4 nitrogen and oxygen atoms in total. The van der Waals surface area contributed by atoms with Gasteiger partial charge in [-0.05, 0) is 32.5 Å². The Balaban J connectivity index is 2.58. The molecule has 0 saturated carbocycles. The second kappa shape index (κ2) is 6.87. The lowest BCUT2D eigenvalue weighted by molar-refractivity contribution is 0.465. The van der Waals surface area contributed by atoms with E-state index < -0.39 is 10.0 Å². The minimum absolute atomic E-state index is 0.191. The summed E-state index contributed by atoms with van der Waals surface area (Å²) in [4.78, 5) is 0. The Bertz CT molecular complexity index is 454. The Morgan fingerprint density at radius 2 is 1.83 bits per heavy atom. The molecular formula is C13H22N2O2S. The number of nitrogens with one attached hydrogen (secondary N) is 1. The van der Waals surface area contributed by atoms with E-state index in [2.05, 4.69) is 5.32 Å². The Labute approximate surface area is 110 Å². The molecule has 0 aliphatic carbocycles.